The van der Waals surface area contributed by atoms with E-state index in [0.29, 0.717) is 0 Å². The van der Waals surface area contributed by atoms with Crippen molar-refractivity contribution in [3.05, 3.63) is 12.2 Å². The van der Waals surface area contributed by atoms with Gasteiger partial charge in [-0.05, 0) is 13.8 Å². The summed E-state index contributed by atoms with van der Waals surface area (Å²) in [6.07, 6.45) is 13.0. The molecule has 1 aliphatic rings. The summed E-state index contributed by atoms with van der Waals surface area (Å²) >= 11 is 0. The van der Waals surface area contributed by atoms with E-state index in [1.54, 1.807) is 0 Å². The van der Waals surface area contributed by atoms with Crippen LogP contribution in [0, 0.1) is 0 Å². The maximum Gasteiger partial charge on any atom is -0.0470 e. The summed E-state index contributed by atoms with van der Waals surface area (Å²) in [4.78, 5) is 0. The van der Waals surface area contributed by atoms with Gasteiger partial charge in [0.1, 0.15) is 0 Å². The molecule has 0 atom stereocenters. The lowest BCUT2D eigenvalue weighted by Crippen LogP contribution is -1.85. The molecule has 0 N–H and O–H groups in total. The minimum atomic E-state index is 1.50. The summed E-state index contributed by atoms with van der Waals surface area (Å²) in [5.74, 6) is 0. The lowest BCUT2D eigenvalue weighted by Gasteiger charge is -2.05. The van der Waals surface area contributed by atoms with Crippen LogP contribution in [-0.2, 0) is 0 Å². The molecule has 0 spiro atoms. The summed E-state index contributed by atoms with van der Waals surface area (Å²) in [7, 11) is 0. The SMILES string of the molecule is C/C=C/C.C1CCCCC1.CC. The zero-order chi connectivity index (χ0) is 9.66. The second-order valence-corrected chi connectivity index (χ2v) is 2.79. The van der Waals surface area contributed by atoms with Gasteiger partial charge in [0.25, 0.3) is 0 Å². The number of hydrogen-bond acceptors (Lipinski definition) is 0. The Morgan fingerprint density at radius 2 is 0.750 bits per heavy atom. The number of rotatable bonds is 0. The van der Waals surface area contributed by atoms with Crippen molar-refractivity contribution < 1.29 is 0 Å². The van der Waals surface area contributed by atoms with E-state index in [0.717, 1.165) is 0 Å². The first-order valence-electron chi connectivity index (χ1n) is 5.49. The second-order valence-electron chi connectivity index (χ2n) is 2.79. The van der Waals surface area contributed by atoms with Gasteiger partial charge in [-0.3, -0.25) is 0 Å². The van der Waals surface area contributed by atoms with E-state index in [4.69, 9.17) is 0 Å². The van der Waals surface area contributed by atoms with Crippen LogP contribution in [0.2, 0.25) is 0 Å². The molecule has 1 saturated carbocycles. The first kappa shape index (κ1) is 14.3. The van der Waals surface area contributed by atoms with Crippen LogP contribution in [0.5, 0.6) is 0 Å². The van der Waals surface area contributed by atoms with E-state index in [1.165, 1.54) is 38.5 Å². The van der Waals surface area contributed by atoms with Gasteiger partial charge < -0.3 is 0 Å². The summed E-state index contributed by atoms with van der Waals surface area (Å²) in [5, 5.41) is 0. The van der Waals surface area contributed by atoms with Crippen LogP contribution < -0.4 is 0 Å². The Bertz CT molecular complexity index is 52.6. The fourth-order valence-corrected chi connectivity index (χ4v) is 1.06. The molecule has 0 amide bonds. The molecule has 1 fully saturated rings. The van der Waals surface area contributed by atoms with Crippen molar-refractivity contribution in [2.24, 2.45) is 0 Å². The normalized spacial score (nSPS) is 15.7. The summed E-state index contributed by atoms with van der Waals surface area (Å²) in [6.45, 7) is 8.00. The van der Waals surface area contributed by atoms with Crippen molar-refractivity contribution in [1.82, 2.24) is 0 Å². The fourth-order valence-electron chi connectivity index (χ4n) is 1.06. The Labute approximate surface area is 79.1 Å². The Morgan fingerprint density at radius 1 is 0.583 bits per heavy atom. The lowest BCUT2D eigenvalue weighted by atomic mass is 10.0. The van der Waals surface area contributed by atoms with Crippen molar-refractivity contribution in [1.29, 1.82) is 0 Å². The molecule has 1 rings (SSSR count). The lowest BCUT2D eigenvalue weighted by molar-refractivity contribution is 0.504. The zero-order valence-electron chi connectivity index (χ0n) is 9.40. The molecule has 0 saturated heterocycles. The van der Waals surface area contributed by atoms with Gasteiger partial charge in [-0.2, -0.15) is 0 Å². The third-order valence-corrected chi connectivity index (χ3v) is 1.83. The van der Waals surface area contributed by atoms with E-state index < -0.39 is 0 Å². The highest BCUT2D eigenvalue weighted by Gasteiger charge is 1.95. The maximum absolute atomic E-state index is 2.00. The minimum Gasteiger partial charge on any atom is -0.0919 e. The van der Waals surface area contributed by atoms with Gasteiger partial charge in [0.05, 0.1) is 0 Å². The quantitative estimate of drug-likeness (QED) is 0.451. The van der Waals surface area contributed by atoms with Gasteiger partial charge in [-0.1, -0.05) is 64.5 Å². The van der Waals surface area contributed by atoms with E-state index in [2.05, 4.69) is 0 Å². The maximum atomic E-state index is 2.00. The Balaban J connectivity index is 0. The van der Waals surface area contributed by atoms with E-state index in [1.807, 2.05) is 39.8 Å². The third kappa shape index (κ3) is 16.4. The molecular weight excluding hydrogens is 144 g/mol. The molecule has 0 unspecified atom stereocenters. The highest BCUT2D eigenvalue weighted by molar-refractivity contribution is 4.68. The van der Waals surface area contributed by atoms with Crippen molar-refractivity contribution in [2.75, 3.05) is 0 Å². The van der Waals surface area contributed by atoms with Gasteiger partial charge in [0, 0.05) is 0 Å². The standard InChI is InChI=1S/C6H12.C4H8.C2H6/c1-2-4-6-5-3-1;1-3-4-2;1-2/h1-6H2;3-4H,1-2H3;1-2H3/b;4-3+;. The Kier molecular flexibility index (Phi) is 20.2. The summed E-state index contributed by atoms with van der Waals surface area (Å²) < 4.78 is 0. The first-order valence-corrected chi connectivity index (χ1v) is 5.49. The molecular formula is C12H26. The predicted octanol–water partition coefficient (Wildman–Crippen LogP) is 4.95. The Hall–Kier alpha value is -0.260. The highest BCUT2D eigenvalue weighted by Crippen LogP contribution is 2.15. The summed E-state index contributed by atoms with van der Waals surface area (Å²) in [5.41, 5.74) is 0. The molecule has 1 aliphatic carbocycles. The predicted molar refractivity (Wildman–Crippen MR) is 59.5 cm³/mol. The average Bonchev–Trinajstić information content (AvgIpc) is 2.24. The monoisotopic (exact) mass is 170 g/mol. The zero-order valence-corrected chi connectivity index (χ0v) is 9.40. The molecule has 0 aromatic rings. The number of hydrogen-bond donors (Lipinski definition) is 0. The van der Waals surface area contributed by atoms with E-state index in [9.17, 15) is 0 Å². The topological polar surface area (TPSA) is 0 Å². The molecule has 0 aromatic carbocycles. The highest BCUT2D eigenvalue weighted by atomic mass is 14.0. The van der Waals surface area contributed by atoms with Crippen molar-refractivity contribution in [3.63, 3.8) is 0 Å². The van der Waals surface area contributed by atoms with Crippen LogP contribution in [0.15, 0.2) is 12.2 Å². The largest absolute Gasteiger partial charge is 0.0919 e. The smallest absolute Gasteiger partial charge is 0.0470 e. The van der Waals surface area contributed by atoms with Gasteiger partial charge in [-0.25, -0.2) is 0 Å². The molecule has 0 aromatic heterocycles. The second kappa shape index (κ2) is 17.0. The molecule has 0 nitrogen and oxygen atoms in total. The van der Waals surface area contributed by atoms with Crippen molar-refractivity contribution in [2.45, 2.75) is 66.2 Å². The van der Waals surface area contributed by atoms with Crippen molar-refractivity contribution >= 4 is 0 Å². The van der Waals surface area contributed by atoms with Gasteiger partial charge >= 0.3 is 0 Å². The summed E-state index contributed by atoms with van der Waals surface area (Å²) in [6, 6.07) is 0. The van der Waals surface area contributed by atoms with Crippen LogP contribution in [0.4, 0.5) is 0 Å². The molecule has 0 heteroatoms. The minimum absolute atomic E-state index is 1.50. The molecule has 12 heavy (non-hydrogen) atoms. The van der Waals surface area contributed by atoms with Crippen LogP contribution >= 0.6 is 0 Å². The van der Waals surface area contributed by atoms with Gasteiger partial charge in [0.2, 0.25) is 0 Å². The third-order valence-electron chi connectivity index (χ3n) is 1.83. The molecule has 0 heterocycles. The molecule has 0 radical (unpaired) electrons. The fraction of sp³-hybridized carbons (Fsp3) is 0.833. The molecule has 74 valence electrons. The van der Waals surface area contributed by atoms with Gasteiger partial charge in [-0.15, -0.1) is 0 Å². The van der Waals surface area contributed by atoms with Crippen LogP contribution in [0.1, 0.15) is 66.2 Å². The molecule has 0 bridgehead atoms. The van der Waals surface area contributed by atoms with Crippen LogP contribution in [0.25, 0.3) is 0 Å². The Morgan fingerprint density at radius 3 is 0.833 bits per heavy atom. The van der Waals surface area contributed by atoms with E-state index >= 15 is 0 Å². The average molecular weight is 170 g/mol. The first-order chi connectivity index (χ1) is 5.91. The van der Waals surface area contributed by atoms with Crippen LogP contribution in [-0.4, -0.2) is 0 Å². The van der Waals surface area contributed by atoms with Crippen molar-refractivity contribution in [3.8, 4) is 0 Å². The van der Waals surface area contributed by atoms with E-state index in [-0.39, 0.29) is 0 Å². The molecule has 0 aliphatic heterocycles. The van der Waals surface area contributed by atoms with Gasteiger partial charge in [0.15, 0.2) is 0 Å². The number of allylic oxidation sites excluding steroid dienone is 2. The van der Waals surface area contributed by atoms with Crippen LogP contribution in [0.3, 0.4) is 0 Å².